The summed E-state index contributed by atoms with van der Waals surface area (Å²) in [5, 5.41) is 6.32. The quantitative estimate of drug-likeness (QED) is 0.554. The molecule has 2 aliphatic heterocycles. The third kappa shape index (κ3) is 8.52. The smallest absolute Gasteiger partial charge is 0.0591 e. The first-order chi connectivity index (χ1) is 6.00. The van der Waals surface area contributed by atoms with Crippen LogP contribution < -0.4 is 10.6 Å². The number of nitrogens with one attached hydrogen (secondary N) is 2. The van der Waals surface area contributed by atoms with Gasteiger partial charge in [-0.15, -0.1) is 0 Å². The van der Waals surface area contributed by atoms with Gasteiger partial charge in [-0.05, 0) is 0 Å². The molecule has 2 N–H and O–H groups in total. The van der Waals surface area contributed by atoms with E-state index in [2.05, 4.69) is 10.6 Å². The van der Waals surface area contributed by atoms with Crippen LogP contribution in [0.25, 0.3) is 0 Å². The molecular formula is C8H20N2O2S. The minimum atomic E-state index is 0. The van der Waals surface area contributed by atoms with Crippen molar-refractivity contribution in [2.24, 2.45) is 0 Å². The Morgan fingerprint density at radius 3 is 1.00 bits per heavy atom. The summed E-state index contributed by atoms with van der Waals surface area (Å²) in [6, 6.07) is 0. The molecule has 0 aromatic carbocycles. The molecule has 0 amide bonds. The second kappa shape index (κ2) is 10.3. The molecule has 0 saturated carbocycles. The van der Waals surface area contributed by atoms with Crippen molar-refractivity contribution < 1.29 is 9.47 Å². The van der Waals surface area contributed by atoms with Crippen molar-refractivity contribution >= 4 is 13.5 Å². The molecule has 13 heavy (non-hydrogen) atoms. The van der Waals surface area contributed by atoms with E-state index in [4.69, 9.17) is 9.47 Å². The summed E-state index contributed by atoms with van der Waals surface area (Å²) in [4.78, 5) is 0. The summed E-state index contributed by atoms with van der Waals surface area (Å²) in [5.74, 6) is 0. The van der Waals surface area contributed by atoms with E-state index in [1.54, 1.807) is 0 Å². The van der Waals surface area contributed by atoms with Gasteiger partial charge in [0.15, 0.2) is 0 Å². The normalized spacial score (nSPS) is 22.2. The van der Waals surface area contributed by atoms with Crippen molar-refractivity contribution in [3.63, 3.8) is 0 Å². The van der Waals surface area contributed by atoms with Gasteiger partial charge in [0.05, 0.1) is 26.4 Å². The zero-order valence-electron chi connectivity index (χ0n) is 7.97. The standard InChI is InChI=1S/2C4H9NO.H2S/c2*1-3-6-4-2-5-1;/h2*5H,1-4H2;1H2. The average Bonchev–Trinajstić information content (AvgIpc) is 2.24. The highest BCUT2D eigenvalue weighted by Gasteiger charge is 1.93. The SMILES string of the molecule is C1COCCN1.C1COCCN1.S. The number of morpholine rings is 2. The van der Waals surface area contributed by atoms with Gasteiger partial charge >= 0.3 is 0 Å². The molecule has 0 unspecified atom stereocenters. The van der Waals surface area contributed by atoms with Crippen LogP contribution in [-0.4, -0.2) is 52.6 Å². The van der Waals surface area contributed by atoms with Gasteiger partial charge in [0.1, 0.15) is 0 Å². The molecule has 2 aliphatic rings. The second-order valence-corrected chi connectivity index (χ2v) is 2.72. The van der Waals surface area contributed by atoms with E-state index in [1.165, 1.54) is 0 Å². The van der Waals surface area contributed by atoms with Crippen molar-refractivity contribution in [2.45, 2.75) is 0 Å². The van der Waals surface area contributed by atoms with Gasteiger partial charge in [-0.25, -0.2) is 0 Å². The lowest BCUT2D eigenvalue weighted by molar-refractivity contribution is 0.109. The molecule has 4 nitrogen and oxygen atoms in total. The van der Waals surface area contributed by atoms with Gasteiger partial charge in [0.2, 0.25) is 0 Å². The van der Waals surface area contributed by atoms with E-state index in [0.29, 0.717) is 0 Å². The lowest BCUT2D eigenvalue weighted by Gasteiger charge is -2.10. The van der Waals surface area contributed by atoms with E-state index >= 15 is 0 Å². The minimum Gasteiger partial charge on any atom is -0.379 e. The lowest BCUT2D eigenvalue weighted by Crippen LogP contribution is -2.30. The molecule has 0 atom stereocenters. The van der Waals surface area contributed by atoms with Gasteiger partial charge < -0.3 is 20.1 Å². The van der Waals surface area contributed by atoms with E-state index < -0.39 is 0 Å². The number of hydrogen-bond acceptors (Lipinski definition) is 4. The zero-order chi connectivity index (χ0) is 8.49. The maximum absolute atomic E-state index is 5.01. The fraction of sp³-hybridized carbons (Fsp3) is 1.00. The summed E-state index contributed by atoms with van der Waals surface area (Å²) in [6.45, 7) is 7.67. The van der Waals surface area contributed by atoms with Crippen LogP contribution >= 0.6 is 13.5 Å². The summed E-state index contributed by atoms with van der Waals surface area (Å²) in [7, 11) is 0. The molecule has 0 spiro atoms. The maximum Gasteiger partial charge on any atom is 0.0591 e. The molecule has 2 saturated heterocycles. The Morgan fingerprint density at radius 2 is 0.923 bits per heavy atom. The predicted molar refractivity (Wildman–Crippen MR) is 57.8 cm³/mol. The molecule has 0 aromatic heterocycles. The highest BCUT2D eigenvalue weighted by Crippen LogP contribution is 1.77. The molecular weight excluding hydrogens is 188 g/mol. The molecule has 2 heterocycles. The monoisotopic (exact) mass is 208 g/mol. The van der Waals surface area contributed by atoms with Gasteiger partial charge in [-0.3, -0.25) is 0 Å². The van der Waals surface area contributed by atoms with Crippen LogP contribution in [0.3, 0.4) is 0 Å². The molecule has 2 fully saturated rings. The predicted octanol–water partition coefficient (Wildman–Crippen LogP) is -0.675. The first-order valence-corrected chi connectivity index (χ1v) is 4.57. The average molecular weight is 208 g/mol. The third-order valence-corrected chi connectivity index (χ3v) is 1.69. The summed E-state index contributed by atoms with van der Waals surface area (Å²) in [5.41, 5.74) is 0. The number of hydrogen-bond donors (Lipinski definition) is 2. The van der Waals surface area contributed by atoms with Crippen molar-refractivity contribution in [1.82, 2.24) is 10.6 Å². The summed E-state index contributed by atoms with van der Waals surface area (Å²) < 4.78 is 10.0. The van der Waals surface area contributed by atoms with Crippen LogP contribution in [0, 0.1) is 0 Å². The molecule has 0 bridgehead atoms. The van der Waals surface area contributed by atoms with Gasteiger partial charge in [0, 0.05) is 26.2 Å². The molecule has 0 aromatic rings. The third-order valence-electron chi connectivity index (χ3n) is 1.69. The van der Waals surface area contributed by atoms with Crippen LogP contribution in [0.5, 0.6) is 0 Å². The Balaban J connectivity index is 0.000000206. The minimum absolute atomic E-state index is 0. The zero-order valence-corrected chi connectivity index (χ0v) is 8.97. The van der Waals surface area contributed by atoms with Crippen molar-refractivity contribution in [2.75, 3.05) is 52.6 Å². The summed E-state index contributed by atoms with van der Waals surface area (Å²) in [6.07, 6.45) is 0. The fourth-order valence-electron chi connectivity index (χ4n) is 1.03. The Labute approximate surface area is 86.8 Å². The van der Waals surface area contributed by atoms with Crippen LogP contribution in [0.15, 0.2) is 0 Å². The second-order valence-electron chi connectivity index (χ2n) is 2.72. The lowest BCUT2D eigenvalue weighted by atomic mass is 10.5. The maximum atomic E-state index is 5.01. The highest BCUT2D eigenvalue weighted by molar-refractivity contribution is 7.59. The van der Waals surface area contributed by atoms with Crippen molar-refractivity contribution in [3.8, 4) is 0 Å². The van der Waals surface area contributed by atoms with E-state index in [1.807, 2.05) is 0 Å². The summed E-state index contributed by atoms with van der Waals surface area (Å²) >= 11 is 0. The Hall–Kier alpha value is 0.190. The molecule has 5 heteroatoms. The molecule has 80 valence electrons. The first kappa shape index (κ1) is 13.2. The van der Waals surface area contributed by atoms with E-state index in [0.717, 1.165) is 52.6 Å². The molecule has 0 aliphatic carbocycles. The van der Waals surface area contributed by atoms with E-state index in [9.17, 15) is 0 Å². The molecule has 2 rings (SSSR count). The topological polar surface area (TPSA) is 42.5 Å². The fourth-order valence-corrected chi connectivity index (χ4v) is 1.03. The van der Waals surface area contributed by atoms with Gasteiger partial charge in [-0.2, -0.15) is 13.5 Å². The van der Waals surface area contributed by atoms with E-state index in [-0.39, 0.29) is 13.5 Å². The van der Waals surface area contributed by atoms with Crippen LogP contribution in [0.4, 0.5) is 0 Å². The van der Waals surface area contributed by atoms with Crippen molar-refractivity contribution in [3.05, 3.63) is 0 Å². The Bertz CT molecular complexity index is 63.1. The number of rotatable bonds is 0. The van der Waals surface area contributed by atoms with Gasteiger partial charge in [-0.1, -0.05) is 0 Å². The van der Waals surface area contributed by atoms with Crippen LogP contribution in [-0.2, 0) is 9.47 Å². The highest BCUT2D eigenvalue weighted by atomic mass is 32.1. The van der Waals surface area contributed by atoms with Crippen LogP contribution in [0.1, 0.15) is 0 Å². The van der Waals surface area contributed by atoms with Crippen LogP contribution in [0.2, 0.25) is 0 Å². The number of ether oxygens (including phenoxy) is 2. The largest absolute Gasteiger partial charge is 0.379 e. The van der Waals surface area contributed by atoms with Crippen molar-refractivity contribution in [1.29, 1.82) is 0 Å². The molecule has 0 radical (unpaired) electrons. The Morgan fingerprint density at radius 1 is 0.615 bits per heavy atom. The first-order valence-electron chi connectivity index (χ1n) is 4.57. The Kier molecular flexibility index (Phi) is 10.4. The van der Waals surface area contributed by atoms with Gasteiger partial charge in [0.25, 0.3) is 0 Å².